The maximum atomic E-state index is 10.3. The van der Waals surface area contributed by atoms with Crippen LogP contribution in [-0.2, 0) is 9.53 Å². The minimum atomic E-state index is -0.408. The third kappa shape index (κ3) is 5.56. The van der Waals surface area contributed by atoms with Crippen LogP contribution in [0.1, 0.15) is 27.2 Å². The zero-order valence-corrected chi connectivity index (χ0v) is 6.63. The quantitative estimate of drug-likeness (QED) is 0.596. The van der Waals surface area contributed by atoms with Crippen molar-refractivity contribution in [2.24, 2.45) is 0 Å². The summed E-state index contributed by atoms with van der Waals surface area (Å²) in [5.74, 6) is -0.298. The van der Waals surface area contributed by atoms with Gasteiger partial charge in [0.2, 0.25) is 0 Å². The van der Waals surface area contributed by atoms with Crippen molar-refractivity contribution < 1.29 is 14.6 Å². The number of esters is 1. The van der Waals surface area contributed by atoms with Crippen LogP contribution in [0.15, 0.2) is 0 Å². The summed E-state index contributed by atoms with van der Waals surface area (Å²) in [6, 6.07) is 0. The van der Waals surface area contributed by atoms with Crippen molar-refractivity contribution in [1.29, 1.82) is 0 Å². The van der Waals surface area contributed by atoms with Gasteiger partial charge < -0.3 is 9.84 Å². The number of hydrogen-bond donors (Lipinski definition) is 1. The lowest BCUT2D eigenvalue weighted by Crippen LogP contribution is -2.17. The molecule has 60 valence electrons. The van der Waals surface area contributed by atoms with E-state index < -0.39 is 6.10 Å². The Kier molecular flexibility index (Phi) is 4.03. The summed E-state index contributed by atoms with van der Waals surface area (Å²) in [7, 11) is 0. The topological polar surface area (TPSA) is 46.5 Å². The summed E-state index contributed by atoms with van der Waals surface area (Å²) >= 11 is 0. The number of rotatable bonds is 3. The van der Waals surface area contributed by atoms with Crippen LogP contribution in [0.2, 0.25) is 0 Å². The smallest absolute Gasteiger partial charge is 0.302 e. The lowest BCUT2D eigenvalue weighted by atomic mass is 10.2. The van der Waals surface area contributed by atoms with Crippen LogP contribution in [0.25, 0.3) is 0 Å². The van der Waals surface area contributed by atoms with Crippen LogP contribution in [0, 0.1) is 0 Å². The van der Waals surface area contributed by atoms with Gasteiger partial charge in [0, 0.05) is 13.3 Å². The molecule has 0 bridgehead atoms. The molecule has 0 aromatic heterocycles. The Hall–Kier alpha value is -0.570. The monoisotopic (exact) mass is 146 g/mol. The molecular formula is C7H14O3. The van der Waals surface area contributed by atoms with Crippen LogP contribution in [0.3, 0.4) is 0 Å². The number of aliphatic hydroxyl groups is 1. The van der Waals surface area contributed by atoms with Gasteiger partial charge in [-0.3, -0.25) is 4.79 Å². The van der Waals surface area contributed by atoms with Gasteiger partial charge in [-0.2, -0.15) is 0 Å². The van der Waals surface area contributed by atoms with E-state index in [2.05, 4.69) is 0 Å². The maximum absolute atomic E-state index is 10.3. The Morgan fingerprint density at radius 1 is 1.60 bits per heavy atom. The summed E-state index contributed by atoms with van der Waals surface area (Å²) in [6.07, 6.45) is -0.0913. The lowest BCUT2D eigenvalue weighted by molar-refractivity contribution is -0.146. The fraction of sp³-hybridized carbons (Fsp3) is 0.857. The van der Waals surface area contributed by atoms with Crippen molar-refractivity contribution >= 4 is 5.97 Å². The van der Waals surface area contributed by atoms with Crippen molar-refractivity contribution in [2.45, 2.75) is 39.4 Å². The second-order valence-corrected chi connectivity index (χ2v) is 2.50. The third-order valence-electron chi connectivity index (χ3n) is 1.04. The zero-order chi connectivity index (χ0) is 8.15. The van der Waals surface area contributed by atoms with E-state index in [4.69, 9.17) is 9.84 Å². The molecular weight excluding hydrogens is 132 g/mol. The third-order valence-corrected chi connectivity index (χ3v) is 1.04. The average molecular weight is 146 g/mol. The van der Waals surface area contributed by atoms with Crippen LogP contribution in [-0.4, -0.2) is 23.3 Å². The summed E-state index contributed by atoms with van der Waals surface area (Å²) in [5.41, 5.74) is 0. The summed E-state index contributed by atoms with van der Waals surface area (Å²) in [4.78, 5) is 10.3. The molecule has 3 nitrogen and oxygen atoms in total. The normalized spacial score (nSPS) is 16.0. The Labute approximate surface area is 61.0 Å². The molecule has 0 saturated carbocycles. The first-order valence-corrected chi connectivity index (χ1v) is 3.37. The van der Waals surface area contributed by atoms with Gasteiger partial charge in [-0.05, 0) is 13.8 Å². The van der Waals surface area contributed by atoms with Crippen LogP contribution in [0.5, 0.6) is 0 Å². The largest absolute Gasteiger partial charge is 0.463 e. The van der Waals surface area contributed by atoms with E-state index in [0.717, 1.165) is 0 Å². The van der Waals surface area contributed by atoms with E-state index in [-0.39, 0.29) is 12.1 Å². The molecule has 0 radical (unpaired) electrons. The second kappa shape index (κ2) is 4.28. The molecule has 0 amide bonds. The first-order chi connectivity index (χ1) is 4.52. The average Bonchev–Trinajstić information content (AvgIpc) is 1.58. The predicted molar refractivity (Wildman–Crippen MR) is 37.5 cm³/mol. The molecule has 0 aromatic rings. The molecule has 2 atom stereocenters. The van der Waals surface area contributed by atoms with E-state index in [9.17, 15) is 4.79 Å². The Bertz CT molecular complexity index is 109. The van der Waals surface area contributed by atoms with Gasteiger partial charge >= 0.3 is 5.97 Å². The molecule has 1 N–H and O–H groups in total. The van der Waals surface area contributed by atoms with E-state index in [0.29, 0.717) is 6.42 Å². The van der Waals surface area contributed by atoms with Gasteiger partial charge in [-0.25, -0.2) is 0 Å². The number of carbonyl (C=O) groups excluding carboxylic acids is 1. The minimum absolute atomic E-state index is 0.183. The first kappa shape index (κ1) is 9.43. The predicted octanol–water partition coefficient (Wildman–Crippen LogP) is 0.709. The molecule has 0 aliphatic carbocycles. The van der Waals surface area contributed by atoms with Gasteiger partial charge in [-0.15, -0.1) is 0 Å². The Morgan fingerprint density at radius 3 is 2.40 bits per heavy atom. The second-order valence-electron chi connectivity index (χ2n) is 2.50. The molecule has 0 rings (SSSR count). The number of ether oxygens (including phenoxy) is 1. The number of aliphatic hydroxyl groups excluding tert-OH is 1. The van der Waals surface area contributed by atoms with Crippen molar-refractivity contribution in [3.05, 3.63) is 0 Å². The first-order valence-electron chi connectivity index (χ1n) is 3.37. The van der Waals surface area contributed by atoms with Crippen LogP contribution < -0.4 is 0 Å². The molecule has 0 aromatic carbocycles. The highest BCUT2D eigenvalue weighted by atomic mass is 16.5. The van der Waals surface area contributed by atoms with Gasteiger partial charge in [0.15, 0.2) is 0 Å². The van der Waals surface area contributed by atoms with Crippen molar-refractivity contribution in [1.82, 2.24) is 0 Å². The van der Waals surface area contributed by atoms with Gasteiger partial charge in [-0.1, -0.05) is 0 Å². The highest BCUT2D eigenvalue weighted by Gasteiger charge is 2.07. The summed E-state index contributed by atoms with van der Waals surface area (Å²) in [5, 5.41) is 8.84. The van der Waals surface area contributed by atoms with E-state index in [1.54, 1.807) is 13.8 Å². The fourth-order valence-electron chi connectivity index (χ4n) is 0.812. The van der Waals surface area contributed by atoms with Crippen LogP contribution >= 0.6 is 0 Å². The summed E-state index contributed by atoms with van der Waals surface area (Å²) in [6.45, 7) is 4.78. The standard InChI is InChI=1S/C7H14O3/c1-5(8)4-6(2)10-7(3)9/h5-6,8H,4H2,1-3H3/t5-,6+/m0/s1. The molecule has 0 spiro atoms. The number of hydrogen-bond acceptors (Lipinski definition) is 3. The number of carbonyl (C=O) groups is 1. The molecule has 0 fully saturated rings. The molecule has 3 heteroatoms. The molecule has 0 saturated heterocycles. The molecule has 0 unspecified atom stereocenters. The van der Waals surface area contributed by atoms with Gasteiger partial charge in [0.05, 0.1) is 6.10 Å². The maximum Gasteiger partial charge on any atom is 0.302 e. The van der Waals surface area contributed by atoms with Gasteiger partial charge in [0.25, 0.3) is 0 Å². The lowest BCUT2D eigenvalue weighted by Gasteiger charge is -2.12. The Morgan fingerprint density at radius 2 is 2.10 bits per heavy atom. The molecule has 0 aliphatic heterocycles. The van der Waals surface area contributed by atoms with Crippen molar-refractivity contribution in [2.75, 3.05) is 0 Å². The van der Waals surface area contributed by atoms with Crippen molar-refractivity contribution in [3.8, 4) is 0 Å². The molecule has 0 heterocycles. The Balaban J connectivity index is 3.43. The van der Waals surface area contributed by atoms with Gasteiger partial charge in [0.1, 0.15) is 6.10 Å². The highest BCUT2D eigenvalue weighted by Crippen LogP contribution is 2.01. The minimum Gasteiger partial charge on any atom is -0.463 e. The molecule has 0 aliphatic rings. The van der Waals surface area contributed by atoms with Crippen molar-refractivity contribution in [3.63, 3.8) is 0 Å². The van der Waals surface area contributed by atoms with E-state index >= 15 is 0 Å². The highest BCUT2D eigenvalue weighted by molar-refractivity contribution is 5.66. The van der Waals surface area contributed by atoms with E-state index in [1.165, 1.54) is 6.92 Å². The fourth-order valence-corrected chi connectivity index (χ4v) is 0.812. The zero-order valence-electron chi connectivity index (χ0n) is 6.63. The van der Waals surface area contributed by atoms with E-state index in [1.807, 2.05) is 0 Å². The SMILES string of the molecule is CC(=O)O[C@H](C)C[C@H](C)O. The van der Waals surface area contributed by atoms with Crippen LogP contribution in [0.4, 0.5) is 0 Å². The molecule has 10 heavy (non-hydrogen) atoms. The summed E-state index contributed by atoms with van der Waals surface area (Å²) < 4.78 is 4.76.